The van der Waals surface area contributed by atoms with E-state index < -0.39 is 6.03 Å². The summed E-state index contributed by atoms with van der Waals surface area (Å²) in [5, 5.41) is 14.9. The van der Waals surface area contributed by atoms with Gasteiger partial charge in [-0.1, -0.05) is 38.2 Å². The van der Waals surface area contributed by atoms with Crippen molar-refractivity contribution in [2.45, 2.75) is 26.2 Å². The highest BCUT2D eigenvalue weighted by Gasteiger charge is 2.20. The van der Waals surface area contributed by atoms with Crippen LogP contribution >= 0.6 is 11.3 Å². The summed E-state index contributed by atoms with van der Waals surface area (Å²) in [5.41, 5.74) is 0.491. The Bertz CT molecular complexity index is 949. The first kappa shape index (κ1) is 19.6. The fourth-order valence-corrected chi connectivity index (χ4v) is 3.05. The van der Waals surface area contributed by atoms with E-state index in [1.54, 1.807) is 25.3 Å². The Hall–Kier alpha value is -3.13. The van der Waals surface area contributed by atoms with Crippen LogP contribution in [0.2, 0.25) is 0 Å². The molecule has 146 valence electrons. The standard InChI is InChI=1S/C20H22N4O3S/c1-20(2,3)17-23-24-19(28-17)22-18(25)21-13-6-5-7-16(12-13)27-15-10-8-14(26-4)9-11-15/h5-12H,1-4H3,(H2,21,22,24,25). The normalized spacial score (nSPS) is 11.0. The van der Waals surface area contributed by atoms with Gasteiger partial charge in [0.1, 0.15) is 22.3 Å². The van der Waals surface area contributed by atoms with Crippen LogP contribution in [0.5, 0.6) is 17.2 Å². The van der Waals surface area contributed by atoms with Crippen molar-refractivity contribution in [1.29, 1.82) is 0 Å². The van der Waals surface area contributed by atoms with Crippen LogP contribution in [0.15, 0.2) is 48.5 Å². The van der Waals surface area contributed by atoms with Gasteiger partial charge < -0.3 is 14.8 Å². The fraction of sp³-hybridized carbons (Fsp3) is 0.250. The van der Waals surface area contributed by atoms with Crippen LogP contribution in [0.3, 0.4) is 0 Å². The lowest BCUT2D eigenvalue weighted by molar-refractivity contribution is 0.262. The van der Waals surface area contributed by atoms with Crippen molar-refractivity contribution >= 4 is 28.2 Å². The molecule has 1 aromatic heterocycles. The van der Waals surface area contributed by atoms with Crippen molar-refractivity contribution in [3.63, 3.8) is 0 Å². The van der Waals surface area contributed by atoms with Gasteiger partial charge in [0, 0.05) is 17.2 Å². The van der Waals surface area contributed by atoms with Crippen molar-refractivity contribution in [3.05, 3.63) is 53.5 Å². The molecule has 0 aliphatic rings. The van der Waals surface area contributed by atoms with Gasteiger partial charge in [-0.25, -0.2) is 4.79 Å². The Labute approximate surface area is 167 Å². The van der Waals surface area contributed by atoms with E-state index in [0.29, 0.717) is 22.3 Å². The van der Waals surface area contributed by atoms with Crippen LogP contribution in [0.1, 0.15) is 25.8 Å². The number of hydrogen-bond donors (Lipinski definition) is 2. The molecule has 3 aromatic rings. The Kier molecular flexibility index (Phi) is 5.79. The second-order valence-corrected chi connectivity index (χ2v) is 8.02. The van der Waals surface area contributed by atoms with Crippen molar-refractivity contribution in [2.75, 3.05) is 17.7 Å². The highest BCUT2D eigenvalue weighted by atomic mass is 32.1. The molecule has 0 fully saturated rings. The van der Waals surface area contributed by atoms with Crippen LogP contribution < -0.4 is 20.1 Å². The highest BCUT2D eigenvalue weighted by molar-refractivity contribution is 7.15. The predicted octanol–water partition coefficient (Wildman–Crippen LogP) is 5.28. The summed E-state index contributed by atoms with van der Waals surface area (Å²) in [6, 6.07) is 14.0. The lowest BCUT2D eigenvalue weighted by Gasteiger charge is -2.12. The number of anilines is 2. The minimum atomic E-state index is -0.391. The van der Waals surface area contributed by atoms with E-state index in [0.717, 1.165) is 10.8 Å². The van der Waals surface area contributed by atoms with Crippen LogP contribution in [-0.2, 0) is 5.41 Å². The molecular formula is C20H22N4O3S. The molecule has 0 radical (unpaired) electrons. The number of hydrogen-bond acceptors (Lipinski definition) is 6. The van der Waals surface area contributed by atoms with Gasteiger partial charge in [0.2, 0.25) is 5.13 Å². The van der Waals surface area contributed by atoms with Crippen LogP contribution in [-0.4, -0.2) is 23.3 Å². The minimum absolute atomic E-state index is 0.110. The molecule has 2 aromatic carbocycles. The van der Waals surface area contributed by atoms with E-state index in [1.165, 1.54) is 11.3 Å². The molecule has 28 heavy (non-hydrogen) atoms. The van der Waals surface area contributed by atoms with Crippen LogP contribution in [0.4, 0.5) is 15.6 Å². The average molecular weight is 398 g/mol. The first-order valence-corrected chi connectivity index (χ1v) is 9.49. The molecule has 0 bridgehead atoms. The monoisotopic (exact) mass is 398 g/mol. The third-order valence-electron chi connectivity index (χ3n) is 3.67. The average Bonchev–Trinajstić information content (AvgIpc) is 3.11. The minimum Gasteiger partial charge on any atom is -0.497 e. The predicted molar refractivity (Wildman–Crippen MR) is 111 cm³/mol. The number of carbonyl (C=O) groups excluding carboxylic acids is 1. The molecule has 0 aliphatic heterocycles. The van der Waals surface area contributed by atoms with Gasteiger partial charge in [-0.15, -0.1) is 10.2 Å². The summed E-state index contributed by atoms with van der Waals surface area (Å²) in [6.45, 7) is 6.14. The van der Waals surface area contributed by atoms with Crippen molar-refractivity contribution in [1.82, 2.24) is 10.2 Å². The third kappa shape index (κ3) is 5.20. The molecule has 0 atom stereocenters. The molecule has 0 saturated carbocycles. The summed E-state index contributed by atoms with van der Waals surface area (Å²) in [5.74, 6) is 2.03. The molecule has 7 nitrogen and oxygen atoms in total. The third-order valence-corrected chi connectivity index (χ3v) is 4.94. The van der Waals surface area contributed by atoms with Gasteiger partial charge in [-0.05, 0) is 36.4 Å². The van der Waals surface area contributed by atoms with E-state index in [2.05, 4.69) is 20.8 Å². The Morgan fingerprint density at radius 2 is 1.68 bits per heavy atom. The highest BCUT2D eigenvalue weighted by Crippen LogP contribution is 2.28. The molecule has 0 aliphatic carbocycles. The van der Waals surface area contributed by atoms with E-state index in [4.69, 9.17) is 9.47 Å². The maximum absolute atomic E-state index is 12.2. The number of ether oxygens (including phenoxy) is 2. The molecule has 3 rings (SSSR count). The zero-order valence-corrected chi connectivity index (χ0v) is 17.0. The number of rotatable bonds is 5. The summed E-state index contributed by atoms with van der Waals surface area (Å²) in [4.78, 5) is 12.2. The quantitative estimate of drug-likeness (QED) is 0.611. The van der Waals surface area contributed by atoms with E-state index in [-0.39, 0.29) is 5.41 Å². The number of amides is 2. The number of carbonyl (C=O) groups is 1. The van der Waals surface area contributed by atoms with Gasteiger partial charge >= 0.3 is 6.03 Å². The van der Waals surface area contributed by atoms with E-state index >= 15 is 0 Å². The Morgan fingerprint density at radius 3 is 2.32 bits per heavy atom. The van der Waals surface area contributed by atoms with Gasteiger partial charge in [-0.2, -0.15) is 0 Å². The van der Waals surface area contributed by atoms with Crippen LogP contribution in [0, 0.1) is 0 Å². The van der Waals surface area contributed by atoms with Gasteiger partial charge in [0.05, 0.1) is 7.11 Å². The lowest BCUT2D eigenvalue weighted by Crippen LogP contribution is -2.19. The summed E-state index contributed by atoms with van der Waals surface area (Å²) in [7, 11) is 1.61. The SMILES string of the molecule is COc1ccc(Oc2cccc(NC(=O)Nc3nnc(C(C)(C)C)s3)c2)cc1. The Morgan fingerprint density at radius 1 is 0.964 bits per heavy atom. The van der Waals surface area contributed by atoms with Crippen molar-refractivity contribution in [3.8, 4) is 17.2 Å². The maximum Gasteiger partial charge on any atom is 0.325 e. The van der Waals surface area contributed by atoms with Crippen molar-refractivity contribution in [2.24, 2.45) is 0 Å². The number of benzene rings is 2. The molecule has 0 saturated heterocycles. The zero-order chi connectivity index (χ0) is 20.1. The largest absolute Gasteiger partial charge is 0.497 e. The first-order valence-electron chi connectivity index (χ1n) is 8.67. The summed E-state index contributed by atoms with van der Waals surface area (Å²) < 4.78 is 10.9. The zero-order valence-electron chi connectivity index (χ0n) is 16.1. The molecule has 2 amide bonds. The lowest BCUT2D eigenvalue weighted by atomic mass is 9.98. The van der Waals surface area contributed by atoms with Gasteiger partial charge in [0.15, 0.2) is 0 Å². The van der Waals surface area contributed by atoms with Crippen LogP contribution in [0.25, 0.3) is 0 Å². The first-order chi connectivity index (χ1) is 13.3. The number of aromatic nitrogens is 2. The molecule has 2 N–H and O–H groups in total. The topological polar surface area (TPSA) is 85.4 Å². The number of methoxy groups -OCH3 is 1. The van der Waals surface area contributed by atoms with E-state index in [1.807, 2.05) is 51.1 Å². The van der Waals surface area contributed by atoms with Gasteiger partial charge in [-0.3, -0.25) is 5.32 Å². The molecular weight excluding hydrogens is 376 g/mol. The maximum atomic E-state index is 12.2. The molecule has 8 heteroatoms. The fourth-order valence-electron chi connectivity index (χ4n) is 2.25. The molecule has 0 spiro atoms. The second-order valence-electron chi connectivity index (χ2n) is 7.05. The Balaban J connectivity index is 1.61. The summed E-state index contributed by atoms with van der Waals surface area (Å²) >= 11 is 1.36. The van der Waals surface area contributed by atoms with Gasteiger partial charge in [0.25, 0.3) is 0 Å². The van der Waals surface area contributed by atoms with E-state index in [9.17, 15) is 4.79 Å². The number of nitrogens with zero attached hydrogens (tertiary/aromatic N) is 2. The smallest absolute Gasteiger partial charge is 0.325 e. The molecule has 1 heterocycles. The van der Waals surface area contributed by atoms with Crippen molar-refractivity contribution < 1.29 is 14.3 Å². The number of urea groups is 1. The second kappa shape index (κ2) is 8.26. The number of nitrogens with one attached hydrogen (secondary N) is 2. The summed E-state index contributed by atoms with van der Waals surface area (Å²) in [6.07, 6.45) is 0. The molecule has 0 unspecified atom stereocenters.